The number of carboxylic acid groups (broad SMARTS) is 1. The fourth-order valence-corrected chi connectivity index (χ4v) is 0.195. The molecule has 0 aliphatic heterocycles. The molecule has 41 valence electrons. The molecule has 0 fully saturated rings. The first-order valence-electron chi connectivity index (χ1n) is 1.99. The van der Waals surface area contributed by atoms with Gasteiger partial charge in [0.2, 0.25) is 0 Å². The highest BCUT2D eigenvalue weighted by Crippen LogP contribution is 1.71. The second kappa shape index (κ2) is 3.61. The van der Waals surface area contributed by atoms with Crippen LogP contribution in [-0.2, 0) is 4.79 Å². The quantitative estimate of drug-likeness (QED) is 0.520. The fourth-order valence-electron chi connectivity index (χ4n) is 0.195. The Bertz CT molecular complexity index is 62.7. The lowest BCUT2D eigenvalue weighted by Crippen LogP contribution is -2.09. The summed E-state index contributed by atoms with van der Waals surface area (Å²) in [6.45, 7) is 0.440. The number of aliphatic carboxylic acids is 1. The lowest BCUT2D eigenvalue weighted by Gasteiger charge is -1.88. The van der Waals surface area contributed by atoms with Gasteiger partial charge in [-0.15, -0.1) is 0 Å². The Morgan fingerprint density at radius 1 is 1.86 bits per heavy atom. The molecule has 3 nitrogen and oxygen atoms in total. The lowest BCUT2D eigenvalue weighted by molar-refractivity contribution is -0.136. The molecule has 3 heteroatoms. The summed E-state index contributed by atoms with van der Waals surface area (Å²) in [4.78, 5) is 9.69. The van der Waals surface area contributed by atoms with Gasteiger partial charge in [0.1, 0.15) is 0 Å². The van der Waals surface area contributed by atoms with Gasteiger partial charge in [0.05, 0.1) is 6.42 Å². The molecule has 0 aliphatic rings. The molecule has 0 aliphatic carbocycles. The van der Waals surface area contributed by atoms with Crippen LogP contribution in [0.1, 0.15) is 6.42 Å². The third-order valence-corrected chi connectivity index (χ3v) is 0.516. The highest BCUT2D eigenvalue weighted by Gasteiger charge is 1.90. The summed E-state index contributed by atoms with van der Waals surface area (Å²) in [7, 11) is 3.24. The van der Waals surface area contributed by atoms with E-state index in [0.717, 1.165) is 0 Å². The zero-order chi connectivity index (χ0) is 5.70. The smallest absolute Gasteiger partial charge is 0.304 e. The maximum atomic E-state index is 9.69. The first-order valence-corrected chi connectivity index (χ1v) is 1.99. The highest BCUT2D eigenvalue weighted by atomic mass is 16.4. The lowest BCUT2D eigenvalue weighted by atomic mass is 10.4. The minimum Gasteiger partial charge on any atom is -0.481 e. The minimum atomic E-state index is -0.795. The Morgan fingerprint density at radius 3 is 2.57 bits per heavy atom. The van der Waals surface area contributed by atoms with Crippen molar-refractivity contribution in [2.24, 2.45) is 0 Å². The first kappa shape index (κ1) is 6.43. The summed E-state index contributed by atoms with van der Waals surface area (Å²) in [6.07, 6.45) is 0.142. The molecule has 1 radical (unpaired) electrons. The van der Waals surface area contributed by atoms with Gasteiger partial charge in [-0.05, 0) is 0 Å². The predicted molar refractivity (Wildman–Crippen MR) is 25.6 cm³/mol. The van der Waals surface area contributed by atoms with E-state index in [1.54, 1.807) is 0 Å². The zero-order valence-electron chi connectivity index (χ0n) is 3.98. The third-order valence-electron chi connectivity index (χ3n) is 0.516. The normalized spacial score (nSPS) is 8.71. The zero-order valence-corrected chi connectivity index (χ0v) is 3.98. The molecule has 0 unspecified atom stereocenters. The molecule has 0 amide bonds. The maximum Gasteiger partial charge on any atom is 0.304 e. The molecular formula is C4H8NO2. The van der Waals surface area contributed by atoms with Crippen molar-refractivity contribution in [2.75, 3.05) is 6.54 Å². The molecule has 0 rings (SSSR count). The standard InChI is InChI=1S/C4H8NO2/c1-5-3-2-4(6)7/h5H,1-3H2,(H,6,7). The number of carbonyl (C=O) groups is 1. The van der Waals surface area contributed by atoms with Crippen molar-refractivity contribution in [1.82, 2.24) is 5.32 Å². The van der Waals surface area contributed by atoms with Gasteiger partial charge in [-0.2, -0.15) is 0 Å². The SMILES string of the molecule is [CH2]NCCC(=O)O. The summed E-state index contributed by atoms with van der Waals surface area (Å²) in [5, 5.41) is 10.4. The summed E-state index contributed by atoms with van der Waals surface area (Å²) in [5.74, 6) is -0.795. The molecule has 0 spiro atoms. The maximum absolute atomic E-state index is 9.69. The minimum absolute atomic E-state index is 0.142. The van der Waals surface area contributed by atoms with Crippen LogP contribution in [0.5, 0.6) is 0 Å². The largest absolute Gasteiger partial charge is 0.481 e. The number of nitrogens with one attached hydrogen (secondary N) is 1. The van der Waals surface area contributed by atoms with E-state index in [2.05, 4.69) is 12.4 Å². The van der Waals surface area contributed by atoms with Crippen LogP contribution < -0.4 is 5.32 Å². The van der Waals surface area contributed by atoms with Crippen LogP contribution in [0.4, 0.5) is 0 Å². The van der Waals surface area contributed by atoms with Gasteiger partial charge in [0.25, 0.3) is 0 Å². The van der Waals surface area contributed by atoms with Crippen LogP contribution in [0.25, 0.3) is 0 Å². The summed E-state index contributed by atoms with van der Waals surface area (Å²) in [5.41, 5.74) is 0. The van der Waals surface area contributed by atoms with E-state index in [1.165, 1.54) is 0 Å². The molecule has 7 heavy (non-hydrogen) atoms. The number of hydrogen-bond donors (Lipinski definition) is 2. The molecule has 0 aromatic carbocycles. The van der Waals surface area contributed by atoms with Gasteiger partial charge < -0.3 is 10.4 Å². The Labute approximate surface area is 42.3 Å². The van der Waals surface area contributed by atoms with Crippen LogP contribution >= 0.6 is 0 Å². The molecule has 0 aromatic heterocycles. The van der Waals surface area contributed by atoms with Crippen LogP contribution in [0.2, 0.25) is 0 Å². The topological polar surface area (TPSA) is 49.3 Å². The predicted octanol–water partition coefficient (Wildman–Crippen LogP) is -0.158. The Balaban J connectivity index is 2.82. The molecule has 0 saturated carbocycles. The van der Waals surface area contributed by atoms with E-state index < -0.39 is 5.97 Å². The van der Waals surface area contributed by atoms with E-state index in [-0.39, 0.29) is 6.42 Å². The van der Waals surface area contributed by atoms with E-state index in [1.807, 2.05) is 0 Å². The van der Waals surface area contributed by atoms with Crippen LogP contribution in [-0.4, -0.2) is 17.6 Å². The van der Waals surface area contributed by atoms with Gasteiger partial charge in [0.15, 0.2) is 0 Å². The first-order chi connectivity index (χ1) is 3.27. The molecular weight excluding hydrogens is 94.0 g/mol. The molecule has 0 atom stereocenters. The summed E-state index contributed by atoms with van der Waals surface area (Å²) >= 11 is 0. The Morgan fingerprint density at radius 2 is 2.43 bits per heavy atom. The Kier molecular flexibility index (Phi) is 3.32. The van der Waals surface area contributed by atoms with Gasteiger partial charge >= 0.3 is 5.97 Å². The molecule has 0 heterocycles. The summed E-state index contributed by atoms with van der Waals surface area (Å²) in [6, 6.07) is 0. The summed E-state index contributed by atoms with van der Waals surface area (Å²) < 4.78 is 0. The third kappa shape index (κ3) is 5.43. The van der Waals surface area contributed by atoms with E-state index >= 15 is 0 Å². The van der Waals surface area contributed by atoms with Crippen LogP contribution in [0.15, 0.2) is 0 Å². The van der Waals surface area contributed by atoms with Crippen molar-refractivity contribution in [3.8, 4) is 0 Å². The van der Waals surface area contributed by atoms with E-state index in [4.69, 9.17) is 5.11 Å². The highest BCUT2D eigenvalue weighted by molar-refractivity contribution is 5.66. The van der Waals surface area contributed by atoms with Crippen molar-refractivity contribution in [1.29, 1.82) is 0 Å². The second-order valence-electron chi connectivity index (χ2n) is 1.14. The Hall–Kier alpha value is -0.570. The van der Waals surface area contributed by atoms with Crippen LogP contribution in [0, 0.1) is 7.05 Å². The fraction of sp³-hybridized carbons (Fsp3) is 0.500. The monoisotopic (exact) mass is 102 g/mol. The van der Waals surface area contributed by atoms with Crippen molar-refractivity contribution in [2.45, 2.75) is 6.42 Å². The molecule has 0 saturated heterocycles. The van der Waals surface area contributed by atoms with E-state index in [0.29, 0.717) is 6.54 Å². The number of rotatable bonds is 3. The van der Waals surface area contributed by atoms with Crippen molar-refractivity contribution >= 4 is 5.97 Å². The van der Waals surface area contributed by atoms with Crippen molar-refractivity contribution in [3.05, 3.63) is 7.05 Å². The van der Waals surface area contributed by atoms with E-state index in [9.17, 15) is 4.79 Å². The van der Waals surface area contributed by atoms with Gasteiger partial charge in [0, 0.05) is 13.6 Å². The molecule has 2 N–H and O–H groups in total. The van der Waals surface area contributed by atoms with Crippen LogP contribution in [0.3, 0.4) is 0 Å². The van der Waals surface area contributed by atoms with Gasteiger partial charge in [-0.25, -0.2) is 0 Å². The van der Waals surface area contributed by atoms with Crippen molar-refractivity contribution < 1.29 is 9.90 Å². The van der Waals surface area contributed by atoms with Gasteiger partial charge in [-0.1, -0.05) is 0 Å². The molecule has 0 aromatic rings. The number of carboxylic acids is 1. The van der Waals surface area contributed by atoms with Crippen molar-refractivity contribution in [3.63, 3.8) is 0 Å². The molecule has 0 bridgehead atoms. The second-order valence-corrected chi connectivity index (χ2v) is 1.14. The average molecular weight is 102 g/mol. The average Bonchev–Trinajstić information content (AvgIpc) is 1.61. The van der Waals surface area contributed by atoms with Gasteiger partial charge in [-0.3, -0.25) is 4.79 Å². The number of hydrogen-bond acceptors (Lipinski definition) is 2.